The van der Waals surface area contributed by atoms with Crippen molar-refractivity contribution >= 4 is 24.2 Å². The first kappa shape index (κ1) is 15.6. The lowest BCUT2D eigenvalue weighted by Crippen LogP contribution is -2.53. The molecule has 1 heterocycles. The number of nitrogens with two attached hydrogens (primary N) is 1. The molecule has 6 heteroatoms. The second-order valence-electron chi connectivity index (χ2n) is 6.19. The van der Waals surface area contributed by atoms with Crippen LogP contribution in [0.5, 0.6) is 0 Å². The minimum Gasteiger partial charge on any atom is -0.336 e. The maximum Gasteiger partial charge on any atom is 0.242 e. The van der Waals surface area contributed by atoms with Crippen molar-refractivity contribution in [1.82, 2.24) is 9.80 Å². The summed E-state index contributed by atoms with van der Waals surface area (Å²) in [7, 11) is 0. The summed E-state index contributed by atoms with van der Waals surface area (Å²) in [4.78, 5) is 27.9. The Morgan fingerprint density at radius 2 is 1.95 bits per heavy atom. The molecule has 3 aliphatic rings. The molecule has 0 aromatic heterocycles. The Labute approximate surface area is 126 Å². The van der Waals surface area contributed by atoms with Gasteiger partial charge in [-0.25, -0.2) is 0 Å². The third-order valence-corrected chi connectivity index (χ3v) is 4.75. The Morgan fingerprint density at radius 1 is 1.20 bits per heavy atom. The smallest absolute Gasteiger partial charge is 0.242 e. The predicted molar refractivity (Wildman–Crippen MR) is 78.5 cm³/mol. The molecule has 1 aliphatic heterocycles. The van der Waals surface area contributed by atoms with Gasteiger partial charge in [0.25, 0.3) is 0 Å². The Morgan fingerprint density at radius 3 is 2.50 bits per heavy atom. The van der Waals surface area contributed by atoms with Crippen molar-refractivity contribution < 1.29 is 9.59 Å². The van der Waals surface area contributed by atoms with E-state index in [0.717, 1.165) is 32.1 Å². The van der Waals surface area contributed by atoms with Gasteiger partial charge in [-0.05, 0) is 31.6 Å². The molecule has 2 aliphatic carbocycles. The minimum atomic E-state index is 0. The molecule has 20 heavy (non-hydrogen) atoms. The maximum atomic E-state index is 12.2. The van der Waals surface area contributed by atoms with Crippen LogP contribution in [0.3, 0.4) is 0 Å². The van der Waals surface area contributed by atoms with E-state index in [4.69, 9.17) is 5.73 Å². The zero-order valence-electron chi connectivity index (χ0n) is 11.8. The van der Waals surface area contributed by atoms with Crippen molar-refractivity contribution in [2.45, 2.75) is 50.6 Å². The number of rotatable bonds is 3. The molecule has 2 N–H and O–H groups in total. The van der Waals surface area contributed by atoms with Gasteiger partial charge >= 0.3 is 0 Å². The normalized spacial score (nSPS) is 30.4. The van der Waals surface area contributed by atoms with Crippen molar-refractivity contribution in [2.75, 3.05) is 19.6 Å². The number of amides is 2. The largest absolute Gasteiger partial charge is 0.336 e. The molecule has 2 amide bonds. The second kappa shape index (κ2) is 6.31. The Bertz CT molecular complexity index is 387. The fourth-order valence-electron chi connectivity index (χ4n) is 3.34. The summed E-state index contributed by atoms with van der Waals surface area (Å²) >= 11 is 0. The van der Waals surface area contributed by atoms with E-state index in [2.05, 4.69) is 0 Å². The fraction of sp³-hybridized carbons (Fsp3) is 0.857. The number of carbonyl (C=O) groups is 2. The number of piperazine rings is 1. The van der Waals surface area contributed by atoms with Gasteiger partial charge < -0.3 is 15.5 Å². The minimum absolute atomic E-state index is 0. The number of nitrogens with zero attached hydrogens (tertiary/aromatic N) is 2. The maximum absolute atomic E-state index is 12.2. The molecule has 114 valence electrons. The van der Waals surface area contributed by atoms with Gasteiger partial charge in [0.2, 0.25) is 11.8 Å². The molecule has 0 unspecified atom stereocenters. The zero-order valence-corrected chi connectivity index (χ0v) is 12.6. The first-order valence-corrected chi connectivity index (χ1v) is 7.48. The number of hydrogen-bond donors (Lipinski definition) is 1. The lowest BCUT2D eigenvalue weighted by atomic mass is 9.99. The summed E-state index contributed by atoms with van der Waals surface area (Å²) in [6, 6.07) is 0.639. The Hall–Kier alpha value is -0.810. The molecule has 3 fully saturated rings. The van der Waals surface area contributed by atoms with E-state index in [1.165, 1.54) is 0 Å². The van der Waals surface area contributed by atoms with Crippen molar-refractivity contribution in [1.29, 1.82) is 0 Å². The van der Waals surface area contributed by atoms with Gasteiger partial charge in [0.05, 0.1) is 6.54 Å². The van der Waals surface area contributed by atoms with E-state index in [1.54, 1.807) is 4.90 Å². The third-order valence-electron chi connectivity index (χ3n) is 4.75. The highest BCUT2D eigenvalue weighted by molar-refractivity contribution is 5.86. The highest BCUT2D eigenvalue weighted by atomic mass is 35.5. The average Bonchev–Trinajstić information content (AvgIpc) is 3.15. The van der Waals surface area contributed by atoms with Gasteiger partial charge in [-0.15, -0.1) is 12.4 Å². The molecular formula is C14H24ClN3O2. The predicted octanol–water partition coefficient (Wildman–Crippen LogP) is 0.759. The summed E-state index contributed by atoms with van der Waals surface area (Å²) in [5.41, 5.74) is 6.01. The Balaban J connectivity index is 0.00000147. The molecule has 0 bridgehead atoms. The number of carbonyl (C=O) groups excluding carboxylic acids is 2. The average molecular weight is 302 g/mol. The molecule has 0 aromatic carbocycles. The van der Waals surface area contributed by atoms with E-state index in [9.17, 15) is 9.59 Å². The standard InChI is InChI=1S/C14H23N3O2.ClH/c15-12-3-1-2-10(12)8-13(18)16-6-7-17(11-4-5-11)14(19)9-16;/h10-12H,1-9,15H2;1H/t10-,12+;/m0./s1. The van der Waals surface area contributed by atoms with Gasteiger partial charge in [0, 0.05) is 31.6 Å². The van der Waals surface area contributed by atoms with E-state index >= 15 is 0 Å². The molecule has 0 aromatic rings. The molecule has 2 saturated carbocycles. The molecule has 2 atom stereocenters. The van der Waals surface area contributed by atoms with E-state index in [-0.39, 0.29) is 36.8 Å². The second-order valence-corrected chi connectivity index (χ2v) is 6.19. The van der Waals surface area contributed by atoms with Crippen LogP contribution in [0.4, 0.5) is 0 Å². The van der Waals surface area contributed by atoms with Crippen molar-refractivity contribution in [2.24, 2.45) is 11.7 Å². The third kappa shape index (κ3) is 3.26. The monoisotopic (exact) mass is 301 g/mol. The summed E-state index contributed by atoms with van der Waals surface area (Å²) in [6.07, 6.45) is 6.02. The van der Waals surface area contributed by atoms with Crippen LogP contribution in [0.1, 0.15) is 38.5 Å². The van der Waals surface area contributed by atoms with Crippen molar-refractivity contribution in [3.05, 3.63) is 0 Å². The summed E-state index contributed by atoms with van der Waals surface area (Å²) in [5, 5.41) is 0. The molecule has 1 saturated heterocycles. The van der Waals surface area contributed by atoms with Crippen LogP contribution in [0.15, 0.2) is 0 Å². The highest BCUT2D eigenvalue weighted by Crippen LogP contribution is 2.29. The van der Waals surface area contributed by atoms with Crippen molar-refractivity contribution in [3.63, 3.8) is 0 Å². The van der Waals surface area contributed by atoms with E-state index in [1.807, 2.05) is 4.90 Å². The van der Waals surface area contributed by atoms with Crippen LogP contribution in [0.2, 0.25) is 0 Å². The Kier molecular flexibility index (Phi) is 4.91. The first-order chi connectivity index (χ1) is 9.15. The lowest BCUT2D eigenvalue weighted by molar-refractivity contribution is -0.146. The van der Waals surface area contributed by atoms with Gasteiger partial charge in [0.1, 0.15) is 0 Å². The van der Waals surface area contributed by atoms with Crippen LogP contribution in [-0.4, -0.2) is 53.3 Å². The molecule has 0 spiro atoms. The van der Waals surface area contributed by atoms with Crippen molar-refractivity contribution in [3.8, 4) is 0 Å². The molecular weight excluding hydrogens is 278 g/mol. The van der Waals surface area contributed by atoms with Gasteiger partial charge in [-0.3, -0.25) is 9.59 Å². The fourth-order valence-corrected chi connectivity index (χ4v) is 3.34. The summed E-state index contributed by atoms with van der Waals surface area (Å²) < 4.78 is 0. The molecule has 3 rings (SSSR count). The number of halogens is 1. The summed E-state index contributed by atoms with van der Waals surface area (Å²) in [5.74, 6) is 0.563. The quantitative estimate of drug-likeness (QED) is 0.837. The number of hydrogen-bond acceptors (Lipinski definition) is 3. The van der Waals surface area contributed by atoms with Gasteiger partial charge in [0.15, 0.2) is 0 Å². The lowest BCUT2D eigenvalue weighted by Gasteiger charge is -2.35. The van der Waals surface area contributed by atoms with E-state index in [0.29, 0.717) is 31.5 Å². The van der Waals surface area contributed by atoms with Crippen LogP contribution >= 0.6 is 12.4 Å². The van der Waals surface area contributed by atoms with Crippen LogP contribution in [-0.2, 0) is 9.59 Å². The zero-order chi connectivity index (χ0) is 13.4. The van der Waals surface area contributed by atoms with Gasteiger partial charge in [-0.1, -0.05) is 6.42 Å². The van der Waals surface area contributed by atoms with E-state index < -0.39 is 0 Å². The first-order valence-electron chi connectivity index (χ1n) is 7.48. The topological polar surface area (TPSA) is 66.6 Å². The SMILES string of the molecule is Cl.N[C@@H]1CCC[C@H]1CC(=O)N1CCN(C2CC2)C(=O)C1. The highest BCUT2D eigenvalue weighted by Gasteiger charge is 2.37. The van der Waals surface area contributed by atoms with Crippen LogP contribution in [0.25, 0.3) is 0 Å². The van der Waals surface area contributed by atoms with Crippen LogP contribution in [0, 0.1) is 5.92 Å². The molecule has 5 nitrogen and oxygen atoms in total. The molecule has 0 radical (unpaired) electrons. The summed E-state index contributed by atoms with van der Waals surface area (Å²) in [6.45, 7) is 1.69. The van der Waals surface area contributed by atoms with Gasteiger partial charge in [-0.2, -0.15) is 0 Å². The van der Waals surface area contributed by atoms with Crippen LogP contribution < -0.4 is 5.73 Å².